The number of carbonyl (C=O) groups is 2. The van der Waals surface area contributed by atoms with Gasteiger partial charge in [0, 0.05) is 6.08 Å². The summed E-state index contributed by atoms with van der Waals surface area (Å²) in [5.41, 5.74) is 0. The van der Waals surface area contributed by atoms with Crippen LogP contribution in [0.2, 0.25) is 0 Å². The van der Waals surface area contributed by atoms with Crippen molar-refractivity contribution in [1.29, 1.82) is 0 Å². The maximum atomic E-state index is 11.0. The van der Waals surface area contributed by atoms with Crippen molar-refractivity contribution in [3.05, 3.63) is 12.2 Å². The molecule has 0 aromatic heterocycles. The number of hydrogen-bond donors (Lipinski definition) is 1. The van der Waals surface area contributed by atoms with E-state index in [0.29, 0.717) is 6.42 Å². The van der Waals surface area contributed by atoms with E-state index in [1.54, 1.807) is 13.0 Å². The summed E-state index contributed by atoms with van der Waals surface area (Å²) in [4.78, 5) is 21.4. The molecule has 0 aliphatic carbocycles. The van der Waals surface area contributed by atoms with E-state index in [0.717, 1.165) is 6.42 Å². The van der Waals surface area contributed by atoms with Crippen LogP contribution < -0.4 is 0 Å². The van der Waals surface area contributed by atoms with E-state index in [-0.39, 0.29) is 6.42 Å². The number of carboxylic acid groups (broad SMARTS) is 1. The smallest absolute Gasteiger partial charge is 0.330 e. The Bertz CT molecular complexity index is 220. The van der Waals surface area contributed by atoms with E-state index in [2.05, 4.69) is 0 Å². The zero-order valence-corrected chi connectivity index (χ0v) is 8.53. The van der Waals surface area contributed by atoms with E-state index >= 15 is 0 Å². The van der Waals surface area contributed by atoms with Crippen LogP contribution in [0.1, 0.15) is 33.1 Å². The Hall–Kier alpha value is -1.32. The molecule has 4 heteroatoms. The van der Waals surface area contributed by atoms with E-state index < -0.39 is 18.0 Å². The Morgan fingerprint density at radius 3 is 2.57 bits per heavy atom. The monoisotopic (exact) mass is 200 g/mol. The third kappa shape index (κ3) is 6.22. The van der Waals surface area contributed by atoms with E-state index in [4.69, 9.17) is 9.84 Å². The Labute approximate surface area is 83.6 Å². The highest BCUT2D eigenvalue weighted by Crippen LogP contribution is 2.07. The van der Waals surface area contributed by atoms with Crippen LogP contribution in [0.4, 0.5) is 0 Å². The Morgan fingerprint density at radius 2 is 2.14 bits per heavy atom. The minimum absolute atomic E-state index is 0.128. The lowest BCUT2D eigenvalue weighted by Crippen LogP contribution is -2.20. The molecule has 0 unspecified atom stereocenters. The van der Waals surface area contributed by atoms with Gasteiger partial charge in [0.15, 0.2) is 0 Å². The van der Waals surface area contributed by atoms with Crippen molar-refractivity contribution in [3.8, 4) is 0 Å². The lowest BCUT2D eigenvalue weighted by atomic mass is 10.1. The van der Waals surface area contributed by atoms with Crippen LogP contribution >= 0.6 is 0 Å². The molecule has 0 saturated heterocycles. The van der Waals surface area contributed by atoms with Crippen LogP contribution in [0.5, 0.6) is 0 Å². The van der Waals surface area contributed by atoms with Crippen molar-refractivity contribution in [1.82, 2.24) is 0 Å². The molecule has 0 fully saturated rings. The van der Waals surface area contributed by atoms with Gasteiger partial charge in [0.05, 0.1) is 6.42 Å². The summed E-state index contributed by atoms with van der Waals surface area (Å²) in [6, 6.07) is 0. The standard InChI is InChI=1S/C10H16O4/c1-3-5-8(7-9(11)12)14-10(13)6-4-2/h4,6,8H,3,5,7H2,1-2H3,(H,11,12)/b6-4-/t8-/m1/s1. The van der Waals surface area contributed by atoms with Crippen molar-refractivity contribution in [2.75, 3.05) is 0 Å². The minimum atomic E-state index is -0.947. The molecule has 0 aliphatic rings. The molecule has 4 nitrogen and oxygen atoms in total. The summed E-state index contributed by atoms with van der Waals surface area (Å²) in [5.74, 6) is -1.43. The first-order valence-corrected chi connectivity index (χ1v) is 4.65. The second kappa shape index (κ2) is 7.12. The summed E-state index contributed by atoms with van der Waals surface area (Å²) in [6.07, 6.45) is 3.57. The molecule has 0 bridgehead atoms. The molecule has 1 atom stereocenters. The van der Waals surface area contributed by atoms with Crippen LogP contribution in [-0.2, 0) is 14.3 Å². The molecule has 0 aromatic rings. The predicted octanol–water partition coefficient (Wildman–Crippen LogP) is 1.75. The number of hydrogen-bond acceptors (Lipinski definition) is 3. The van der Waals surface area contributed by atoms with Gasteiger partial charge in [-0.15, -0.1) is 0 Å². The summed E-state index contributed by atoms with van der Waals surface area (Å²) >= 11 is 0. The third-order valence-electron chi connectivity index (χ3n) is 1.60. The highest BCUT2D eigenvalue weighted by molar-refractivity contribution is 5.82. The molecule has 0 aliphatic heterocycles. The van der Waals surface area contributed by atoms with Crippen LogP contribution in [-0.4, -0.2) is 23.1 Å². The van der Waals surface area contributed by atoms with E-state index in [9.17, 15) is 9.59 Å². The second-order valence-corrected chi connectivity index (χ2v) is 2.95. The average molecular weight is 200 g/mol. The predicted molar refractivity (Wildman–Crippen MR) is 51.9 cm³/mol. The minimum Gasteiger partial charge on any atom is -0.481 e. The van der Waals surface area contributed by atoms with Gasteiger partial charge in [-0.3, -0.25) is 4.79 Å². The van der Waals surface area contributed by atoms with Crippen molar-refractivity contribution >= 4 is 11.9 Å². The second-order valence-electron chi connectivity index (χ2n) is 2.95. The van der Waals surface area contributed by atoms with Gasteiger partial charge in [-0.05, 0) is 13.3 Å². The van der Waals surface area contributed by atoms with Gasteiger partial charge in [0.1, 0.15) is 6.10 Å². The molecule has 0 spiro atoms. The topological polar surface area (TPSA) is 63.6 Å². The van der Waals surface area contributed by atoms with Gasteiger partial charge in [-0.25, -0.2) is 4.79 Å². The molecule has 0 rings (SSSR count). The zero-order valence-electron chi connectivity index (χ0n) is 8.53. The molecule has 14 heavy (non-hydrogen) atoms. The molecule has 1 N–H and O–H groups in total. The quantitative estimate of drug-likeness (QED) is 0.524. The van der Waals surface area contributed by atoms with Gasteiger partial charge in [0.2, 0.25) is 0 Å². The first kappa shape index (κ1) is 12.7. The van der Waals surface area contributed by atoms with Gasteiger partial charge >= 0.3 is 11.9 Å². The van der Waals surface area contributed by atoms with Crippen LogP contribution in [0.25, 0.3) is 0 Å². The van der Waals surface area contributed by atoms with Crippen molar-refractivity contribution in [3.63, 3.8) is 0 Å². The fourth-order valence-electron chi connectivity index (χ4n) is 1.06. The summed E-state index contributed by atoms with van der Waals surface area (Å²) < 4.78 is 4.94. The molecule has 0 radical (unpaired) electrons. The third-order valence-corrected chi connectivity index (χ3v) is 1.60. The normalized spacial score (nSPS) is 12.7. The summed E-state index contributed by atoms with van der Waals surface area (Å²) in [6.45, 7) is 3.62. The lowest BCUT2D eigenvalue weighted by Gasteiger charge is -2.13. The molecule has 0 saturated carbocycles. The van der Waals surface area contributed by atoms with Crippen molar-refractivity contribution in [2.24, 2.45) is 0 Å². The number of carbonyl (C=O) groups excluding carboxylic acids is 1. The lowest BCUT2D eigenvalue weighted by molar-refractivity contribution is -0.148. The molecular weight excluding hydrogens is 184 g/mol. The molecule has 80 valence electrons. The van der Waals surface area contributed by atoms with Crippen LogP contribution in [0.3, 0.4) is 0 Å². The largest absolute Gasteiger partial charge is 0.481 e. The highest BCUT2D eigenvalue weighted by atomic mass is 16.5. The van der Waals surface area contributed by atoms with E-state index in [1.807, 2.05) is 6.92 Å². The fraction of sp³-hybridized carbons (Fsp3) is 0.600. The van der Waals surface area contributed by atoms with E-state index in [1.165, 1.54) is 6.08 Å². The van der Waals surface area contributed by atoms with Gasteiger partial charge in [-0.2, -0.15) is 0 Å². The van der Waals surface area contributed by atoms with Crippen molar-refractivity contribution in [2.45, 2.75) is 39.2 Å². The number of allylic oxidation sites excluding steroid dienone is 1. The van der Waals surface area contributed by atoms with Crippen LogP contribution in [0, 0.1) is 0 Å². The first-order valence-electron chi connectivity index (χ1n) is 4.65. The Morgan fingerprint density at radius 1 is 1.50 bits per heavy atom. The van der Waals surface area contributed by atoms with Crippen LogP contribution in [0.15, 0.2) is 12.2 Å². The fourth-order valence-corrected chi connectivity index (χ4v) is 1.06. The van der Waals surface area contributed by atoms with Crippen molar-refractivity contribution < 1.29 is 19.4 Å². The van der Waals surface area contributed by atoms with Gasteiger partial charge in [0.25, 0.3) is 0 Å². The number of rotatable bonds is 6. The molecular formula is C10H16O4. The first-order chi connectivity index (χ1) is 6.60. The molecule has 0 amide bonds. The zero-order chi connectivity index (χ0) is 11.0. The molecule has 0 aromatic carbocycles. The molecule has 0 heterocycles. The number of aliphatic carboxylic acids is 1. The SMILES string of the molecule is C/C=C\C(=O)O[C@H](CCC)CC(=O)O. The number of carboxylic acids is 1. The maximum Gasteiger partial charge on any atom is 0.330 e. The highest BCUT2D eigenvalue weighted by Gasteiger charge is 2.15. The summed E-state index contributed by atoms with van der Waals surface area (Å²) in [7, 11) is 0. The van der Waals surface area contributed by atoms with Gasteiger partial charge < -0.3 is 9.84 Å². The number of esters is 1. The summed E-state index contributed by atoms with van der Waals surface area (Å²) in [5, 5.41) is 8.54. The Kier molecular flexibility index (Phi) is 6.45. The van der Waals surface area contributed by atoms with Gasteiger partial charge in [-0.1, -0.05) is 19.4 Å². The maximum absolute atomic E-state index is 11.0. The average Bonchev–Trinajstić information content (AvgIpc) is 2.03. The Balaban J connectivity index is 4.07. The number of ether oxygens (including phenoxy) is 1.